The second-order valence-corrected chi connectivity index (χ2v) is 7.71. The van der Waals surface area contributed by atoms with Crippen molar-refractivity contribution < 1.29 is 9.90 Å². The molecule has 0 aliphatic heterocycles. The van der Waals surface area contributed by atoms with Crippen LogP contribution in [0.15, 0.2) is 39.8 Å². The van der Waals surface area contributed by atoms with Gasteiger partial charge in [0.25, 0.3) is 0 Å². The number of aryl methyl sites for hydroxylation is 1. The number of halogens is 1. The van der Waals surface area contributed by atoms with Crippen LogP contribution in [0, 0.1) is 6.92 Å². The number of fused-ring (bicyclic) bond motifs is 1. The van der Waals surface area contributed by atoms with Crippen LogP contribution < -0.4 is 0 Å². The van der Waals surface area contributed by atoms with Crippen LogP contribution in [0.25, 0.3) is 21.3 Å². The molecule has 3 rings (SSSR count). The van der Waals surface area contributed by atoms with Gasteiger partial charge in [-0.25, -0.2) is 14.8 Å². The molecule has 7 heteroatoms. The minimum atomic E-state index is -0.992. The highest BCUT2D eigenvalue weighted by Crippen LogP contribution is 2.43. The van der Waals surface area contributed by atoms with E-state index >= 15 is 0 Å². The number of carbonyl (C=O) groups is 1. The highest BCUT2D eigenvalue weighted by Gasteiger charge is 2.21. The quantitative estimate of drug-likeness (QED) is 0.481. The van der Waals surface area contributed by atoms with Gasteiger partial charge < -0.3 is 10.0 Å². The monoisotopic (exact) mass is 417 g/mol. The van der Waals surface area contributed by atoms with Gasteiger partial charge in [-0.1, -0.05) is 28.1 Å². The van der Waals surface area contributed by atoms with E-state index in [0.29, 0.717) is 10.5 Å². The van der Waals surface area contributed by atoms with E-state index in [2.05, 4.69) is 25.9 Å². The van der Waals surface area contributed by atoms with E-state index in [1.165, 1.54) is 0 Å². The van der Waals surface area contributed by atoms with Crippen LogP contribution in [0.3, 0.4) is 0 Å². The number of hydrogen-bond donors (Lipinski definition) is 1. The molecule has 0 atom stereocenters. The molecular weight excluding hydrogens is 402 g/mol. The Labute approximate surface area is 157 Å². The first kappa shape index (κ1) is 17.6. The summed E-state index contributed by atoms with van der Waals surface area (Å²) >= 11 is 4.60. The van der Waals surface area contributed by atoms with Gasteiger partial charge in [0.15, 0.2) is 0 Å². The molecule has 0 bridgehead atoms. The molecule has 2 aromatic heterocycles. The smallest absolute Gasteiger partial charge is 0.348 e. The molecule has 2 heterocycles. The second kappa shape index (κ2) is 6.93. The highest BCUT2D eigenvalue weighted by molar-refractivity contribution is 9.10. The largest absolute Gasteiger partial charge is 0.477 e. The lowest BCUT2D eigenvalue weighted by atomic mass is 10.0. The topological polar surface area (TPSA) is 65.8 Å². The maximum Gasteiger partial charge on any atom is 0.348 e. The standard InChI is InChI=1S/C18H16BrN3O2S/c1-10-8-13(11-4-6-12(19)7-5-11)14-15(20-9-22(2)3)16(18(23)24)25-17(14)21-10/h4-9H,1-3H3,(H,23,24). The van der Waals surface area contributed by atoms with Crippen molar-refractivity contribution in [2.24, 2.45) is 4.99 Å². The molecule has 0 unspecified atom stereocenters. The van der Waals surface area contributed by atoms with Crippen molar-refractivity contribution in [3.8, 4) is 11.1 Å². The van der Waals surface area contributed by atoms with E-state index in [1.807, 2.05) is 51.4 Å². The molecule has 0 amide bonds. The third kappa shape index (κ3) is 3.57. The Hall–Kier alpha value is -2.25. The van der Waals surface area contributed by atoms with E-state index in [4.69, 9.17) is 0 Å². The zero-order valence-electron chi connectivity index (χ0n) is 13.9. The fourth-order valence-electron chi connectivity index (χ4n) is 2.50. The van der Waals surface area contributed by atoms with Gasteiger partial charge in [0.05, 0.1) is 6.34 Å². The van der Waals surface area contributed by atoms with E-state index in [-0.39, 0.29) is 4.88 Å². The van der Waals surface area contributed by atoms with Crippen LogP contribution >= 0.6 is 27.3 Å². The first-order chi connectivity index (χ1) is 11.9. The molecule has 0 saturated carbocycles. The molecule has 0 saturated heterocycles. The summed E-state index contributed by atoms with van der Waals surface area (Å²) in [5.41, 5.74) is 3.22. The van der Waals surface area contributed by atoms with Gasteiger partial charge in [0, 0.05) is 29.6 Å². The Morgan fingerprint density at radius 2 is 2.00 bits per heavy atom. The lowest BCUT2D eigenvalue weighted by Crippen LogP contribution is -2.07. The summed E-state index contributed by atoms with van der Waals surface area (Å²) in [5.74, 6) is -0.992. The number of aromatic nitrogens is 1. The van der Waals surface area contributed by atoms with Gasteiger partial charge in [-0.3, -0.25) is 0 Å². The van der Waals surface area contributed by atoms with E-state index < -0.39 is 5.97 Å². The van der Waals surface area contributed by atoms with E-state index in [1.54, 1.807) is 11.2 Å². The van der Waals surface area contributed by atoms with Crippen LogP contribution in [0.4, 0.5) is 5.69 Å². The van der Waals surface area contributed by atoms with Crippen LogP contribution in [0.5, 0.6) is 0 Å². The average molecular weight is 418 g/mol. The number of benzene rings is 1. The van der Waals surface area contributed by atoms with Gasteiger partial charge in [0.1, 0.15) is 15.4 Å². The molecule has 1 N–H and O–H groups in total. The van der Waals surface area contributed by atoms with E-state index in [9.17, 15) is 9.90 Å². The molecule has 3 aromatic rings. The molecule has 0 aliphatic carbocycles. The summed E-state index contributed by atoms with van der Waals surface area (Å²) in [7, 11) is 3.69. The second-order valence-electron chi connectivity index (χ2n) is 5.79. The third-order valence-corrected chi connectivity index (χ3v) is 5.12. The molecule has 0 radical (unpaired) electrons. The highest BCUT2D eigenvalue weighted by atomic mass is 79.9. The predicted molar refractivity (Wildman–Crippen MR) is 106 cm³/mol. The molecular formula is C18H16BrN3O2S. The summed E-state index contributed by atoms with van der Waals surface area (Å²) in [5, 5.41) is 10.4. The van der Waals surface area contributed by atoms with E-state index in [0.717, 1.165) is 38.0 Å². The zero-order chi connectivity index (χ0) is 18.1. The number of nitrogens with zero attached hydrogens (tertiary/aromatic N) is 3. The Kier molecular flexibility index (Phi) is 4.87. The fourth-order valence-corrected chi connectivity index (χ4v) is 3.80. The third-order valence-electron chi connectivity index (χ3n) is 3.53. The summed E-state index contributed by atoms with van der Waals surface area (Å²) in [6.07, 6.45) is 1.61. The van der Waals surface area contributed by atoms with Gasteiger partial charge in [-0.05, 0) is 36.2 Å². The van der Waals surface area contributed by atoms with Crippen molar-refractivity contribution in [3.05, 3.63) is 45.4 Å². The number of hydrogen-bond acceptors (Lipinski definition) is 4. The minimum Gasteiger partial charge on any atom is -0.477 e. The normalized spacial score (nSPS) is 11.4. The lowest BCUT2D eigenvalue weighted by molar-refractivity contribution is 0.0703. The van der Waals surface area contributed by atoms with Gasteiger partial charge in [-0.2, -0.15) is 0 Å². The van der Waals surface area contributed by atoms with Gasteiger partial charge >= 0.3 is 5.97 Å². The summed E-state index contributed by atoms with van der Waals surface area (Å²) in [4.78, 5) is 23.3. The molecule has 0 aliphatic rings. The Morgan fingerprint density at radius 1 is 1.32 bits per heavy atom. The molecule has 0 spiro atoms. The molecule has 25 heavy (non-hydrogen) atoms. The first-order valence-electron chi connectivity index (χ1n) is 7.51. The zero-order valence-corrected chi connectivity index (χ0v) is 16.3. The molecule has 0 fully saturated rings. The van der Waals surface area contributed by atoms with Crippen LogP contribution in [0.1, 0.15) is 15.4 Å². The van der Waals surface area contributed by atoms with Gasteiger partial charge in [0.2, 0.25) is 0 Å². The SMILES string of the molecule is Cc1cc(-c2ccc(Br)cc2)c2c(N=CN(C)C)c(C(=O)O)sc2n1. The van der Waals surface area contributed by atoms with Crippen molar-refractivity contribution in [2.75, 3.05) is 14.1 Å². The van der Waals surface area contributed by atoms with Crippen molar-refractivity contribution >= 4 is 55.5 Å². The number of aliphatic imine (C=N–C) groups is 1. The minimum absolute atomic E-state index is 0.199. The number of pyridine rings is 1. The first-order valence-corrected chi connectivity index (χ1v) is 9.11. The molecule has 1 aromatic carbocycles. The molecule has 128 valence electrons. The van der Waals surface area contributed by atoms with Crippen LogP contribution in [-0.2, 0) is 0 Å². The van der Waals surface area contributed by atoms with Crippen LogP contribution in [0.2, 0.25) is 0 Å². The summed E-state index contributed by atoms with van der Waals surface area (Å²) in [6.45, 7) is 1.91. The Morgan fingerprint density at radius 3 is 2.60 bits per heavy atom. The van der Waals surface area contributed by atoms with Gasteiger partial charge in [-0.15, -0.1) is 11.3 Å². The van der Waals surface area contributed by atoms with Crippen molar-refractivity contribution in [2.45, 2.75) is 6.92 Å². The molecule has 5 nitrogen and oxygen atoms in total. The van der Waals surface area contributed by atoms with Crippen LogP contribution in [-0.4, -0.2) is 41.4 Å². The Balaban J connectivity index is 2.36. The number of carboxylic acids is 1. The summed E-state index contributed by atoms with van der Waals surface area (Å²) < 4.78 is 0.987. The van der Waals surface area contributed by atoms with Crippen molar-refractivity contribution in [1.29, 1.82) is 0 Å². The van der Waals surface area contributed by atoms with Crippen molar-refractivity contribution in [3.63, 3.8) is 0 Å². The number of thiophene rings is 1. The number of carboxylic acid groups (broad SMARTS) is 1. The lowest BCUT2D eigenvalue weighted by Gasteiger charge is -2.08. The maximum absolute atomic E-state index is 11.7. The maximum atomic E-state index is 11.7. The predicted octanol–water partition coefficient (Wildman–Crippen LogP) is 4.95. The number of aromatic carboxylic acids is 1. The summed E-state index contributed by atoms with van der Waals surface area (Å²) in [6, 6.07) is 9.89. The average Bonchev–Trinajstić information content (AvgIpc) is 2.91. The fraction of sp³-hybridized carbons (Fsp3) is 0.167. The number of rotatable bonds is 4. The van der Waals surface area contributed by atoms with Crippen molar-refractivity contribution in [1.82, 2.24) is 9.88 Å². The Bertz CT molecular complexity index is 978.